The third-order valence-corrected chi connectivity index (χ3v) is 10.1. The molecular formula is C26H23Br2N3O7. The molecule has 0 unspecified atom stereocenters. The van der Waals surface area contributed by atoms with Gasteiger partial charge in [-0.3, -0.25) is 29.3 Å². The van der Waals surface area contributed by atoms with Crippen LogP contribution in [-0.2, 0) is 19.2 Å². The molecule has 12 heteroatoms. The standard InChI is InChI=1S/C26H23Br2N3O7/c1-13-8-17(6-7-22(13)30-24(33)18-10-20(27)21(28)11-19(18)25(30)34)38-26(35)14-9-23(32)29(12-14)15-2-4-16(5-3-15)31(36)37/h2-8,14,18-21H,9-12H2,1H3/t14-,18-,19-,20-,21+/m1/s1. The van der Waals surface area contributed by atoms with Crippen molar-refractivity contribution in [1.82, 2.24) is 0 Å². The highest BCUT2D eigenvalue weighted by Crippen LogP contribution is 2.45. The number of hydrogen-bond acceptors (Lipinski definition) is 7. The van der Waals surface area contributed by atoms with Gasteiger partial charge in [-0.1, -0.05) is 31.9 Å². The van der Waals surface area contributed by atoms with E-state index in [9.17, 15) is 29.3 Å². The molecule has 10 nitrogen and oxygen atoms in total. The summed E-state index contributed by atoms with van der Waals surface area (Å²) in [6, 6.07) is 10.3. The van der Waals surface area contributed by atoms with Crippen molar-refractivity contribution in [3.05, 3.63) is 58.1 Å². The zero-order valence-corrected chi connectivity index (χ0v) is 23.4. The molecule has 0 N–H and O–H groups in total. The van der Waals surface area contributed by atoms with Crippen molar-refractivity contribution in [2.75, 3.05) is 16.3 Å². The number of carbonyl (C=O) groups excluding carboxylic acids is 4. The second-order valence-electron chi connectivity index (χ2n) is 9.78. The third kappa shape index (κ3) is 4.75. The smallest absolute Gasteiger partial charge is 0.316 e. The summed E-state index contributed by atoms with van der Waals surface area (Å²) in [5.41, 5.74) is 1.45. The molecule has 0 bridgehead atoms. The van der Waals surface area contributed by atoms with Crippen LogP contribution in [-0.4, -0.2) is 44.8 Å². The Balaban J connectivity index is 1.26. The number of imide groups is 1. The topological polar surface area (TPSA) is 127 Å². The first-order chi connectivity index (χ1) is 18.0. The predicted octanol–water partition coefficient (Wildman–Crippen LogP) is 4.29. The van der Waals surface area contributed by atoms with E-state index < -0.39 is 16.8 Å². The van der Waals surface area contributed by atoms with Gasteiger partial charge >= 0.3 is 5.97 Å². The van der Waals surface area contributed by atoms with Gasteiger partial charge in [-0.05, 0) is 55.7 Å². The maximum absolute atomic E-state index is 13.1. The minimum absolute atomic E-state index is 0.0461. The molecule has 2 aromatic carbocycles. The predicted molar refractivity (Wildman–Crippen MR) is 145 cm³/mol. The number of amides is 3. The highest BCUT2D eigenvalue weighted by atomic mass is 79.9. The van der Waals surface area contributed by atoms with Gasteiger partial charge in [0.05, 0.1) is 28.4 Å². The molecule has 2 saturated heterocycles. The lowest BCUT2D eigenvalue weighted by atomic mass is 9.81. The van der Waals surface area contributed by atoms with E-state index in [1.54, 1.807) is 19.1 Å². The zero-order valence-electron chi connectivity index (χ0n) is 20.2. The lowest BCUT2D eigenvalue weighted by Crippen LogP contribution is -2.34. The molecule has 5 rings (SSSR count). The average Bonchev–Trinajstić information content (AvgIpc) is 3.37. The molecule has 0 spiro atoms. The van der Waals surface area contributed by atoms with Gasteiger partial charge in [-0.25, -0.2) is 4.90 Å². The maximum atomic E-state index is 13.1. The lowest BCUT2D eigenvalue weighted by molar-refractivity contribution is -0.384. The largest absolute Gasteiger partial charge is 0.426 e. The van der Waals surface area contributed by atoms with Gasteiger partial charge in [0.1, 0.15) is 5.75 Å². The fraction of sp³-hybridized carbons (Fsp3) is 0.385. The van der Waals surface area contributed by atoms with Crippen molar-refractivity contribution in [3.8, 4) is 5.75 Å². The quantitative estimate of drug-likeness (QED) is 0.118. The first-order valence-corrected chi connectivity index (χ1v) is 13.9. The van der Waals surface area contributed by atoms with Crippen LogP contribution in [0.3, 0.4) is 0 Å². The van der Waals surface area contributed by atoms with Crippen LogP contribution < -0.4 is 14.5 Å². The van der Waals surface area contributed by atoms with E-state index in [-0.39, 0.29) is 63.6 Å². The minimum atomic E-state index is -0.711. The van der Waals surface area contributed by atoms with Crippen molar-refractivity contribution in [2.45, 2.75) is 35.8 Å². The molecule has 198 valence electrons. The van der Waals surface area contributed by atoms with Gasteiger partial charge < -0.3 is 9.64 Å². The zero-order chi connectivity index (χ0) is 27.3. The third-order valence-electron chi connectivity index (χ3n) is 7.37. The summed E-state index contributed by atoms with van der Waals surface area (Å²) in [5.74, 6) is -2.49. The molecular weight excluding hydrogens is 626 g/mol. The molecule has 0 aromatic heterocycles. The Morgan fingerprint density at radius 2 is 1.61 bits per heavy atom. The van der Waals surface area contributed by atoms with Gasteiger partial charge in [0.15, 0.2) is 0 Å². The molecule has 3 amide bonds. The molecule has 38 heavy (non-hydrogen) atoms. The Kier molecular flexibility index (Phi) is 7.12. The molecule has 3 fully saturated rings. The van der Waals surface area contributed by atoms with Crippen LogP contribution >= 0.6 is 31.9 Å². The van der Waals surface area contributed by atoms with Gasteiger partial charge in [0, 0.05) is 40.4 Å². The molecule has 1 saturated carbocycles. The average molecular weight is 649 g/mol. The molecule has 1 aliphatic carbocycles. The number of fused-ring (bicyclic) bond motifs is 1. The second kappa shape index (κ2) is 10.2. The van der Waals surface area contributed by atoms with Gasteiger partial charge in [0.25, 0.3) is 5.69 Å². The number of benzene rings is 2. The van der Waals surface area contributed by atoms with E-state index in [4.69, 9.17) is 4.74 Å². The van der Waals surface area contributed by atoms with Crippen LogP contribution in [0.25, 0.3) is 0 Å². The van der Waals surface area contributed by atoms with E-state index in [1.807, 2.05) is 0 Å². The molecule has 5 atom stereocenters. The number of aryl methyl sites for hydroxylation is 1. The fourth-order valence-corrected chi connectivity index (χ4v) is 6.58. The second-order valence-corrected chi connectivity index (χ2v) is 12.1. The van der Waals surface area contributed by atoms with Crippen LogP contribution in [0.15, 0.2) is 42.5 Å². The summed E-state index contributed by atoms with van der Waals surface area (Å²) in [6.07, 6.45) is 1.11. The van der Waals surface area contributed by atoms with E-state index >= 15 is 0 Å². The molecule has 2 aliphatic heterocycles. The highest BCUT2D eigenvalue weighted by molar-refractivity contribution is 9.12. The van der Waals surface area contributed by atoms with Crippen LogP contribution in [0.4, 0.5) is 17.1 Å². The number of nitrogens with zero attached hydrogens (tertiary/aromatic N) is 3. The number of ether oxygens (including phenoxy) is 1. The summed E-state index contributed by atoms with van der Waals surface area (Å²) in [6.45, 7) is 1.83. The SMILES string of the molecule is Cc1cc(OC(=O)[C@@H]2CC(=O)N(c3ccc([N+](=O)[O-])cc3)C2)ccc1N1C(=O)[C@@H]2C[C@@H](Br)[C@@H](Br)C[C@H]2C1=O. The number of anilines is 2. The number of alkyl halides is 2. The Hall–Kier alpha value is -3.12. The van der Waals surface area contributed by atoms with E-state index in [0.717, 1.165) is 0 Å². The van der Waals surface area contributed by atoms with Gasteiger partial charge in [-0.15, -0.1) is 0 Å². The number of nitro benzene ring substituents is 1. The monoisotopic (exact) mass is 647 g/mol. The van der Waals surface area contributed by atoms with Gasteiger partial charge in [-0.2, -0.15) is 0 Å². The number of non-ortho nitro benzene ring substituents is 1. The first kappa shape index (κ1) is 26.5. The van der Waals surface area contributed by atoms with Crippen LogP contribution in [0.5, 0.6) is 5.75 Å². The number of esters is 1. The van der Waals surface area contributed by atoms with E-state index in [2.05, 4.69) is 31.9 Å². The van der Waals surface area contributed by atoms with Crippen LogP contribution in [0.2, 0.25) is 0 Å². The Morgan fingerprint density at radius 1 is 1.00 bits per heavy atom. The highest BCUT2D eigenvalue weighted by Gasteiger charge is 2.52. The van der Waals surface area contributed by atoms with Crippen LogP contribution in [0.1, 0.15) is 24.8 Å². The summed E-state index contributed by atoms with van der Waals surface area (Å²) >= 11 is 7.18. The Morgan fingerprint density at radius 3 is 2.16 bits per heavy atom. The fourth-order valence-electron chi connectivity index (χ4n) is 5.34. The number of carbonyl (C=O) groups is 4. The van der Waals surface area contributed by atoms with E-state index in [1.165, 1.54) is 40.1 Å². The van der Waals surface area contributed by atoms with Crippen molar-refractivity contribution < 1.29 is 28.8 Å². The van der Waals surface area contributed by atoms with Crippen molar-refractivity contribution in [1.29, 1.82) is 0 Å². The molecule has 2 heterocycles. The first-order valence-electron chi connectivity index (χ1n) is 12.1. The minimum Gasteiger partial charge on any atom is -0.426 e. The normalized spacial score (nSPS) is 27.0. The molecule has 2 aromatic rings. The van der Waals surface area contributed by atoms with E-state index in [0.29, 0.717) is 29.8 Å². The summed E-state index contributed by atoms with van der Waals surface area (Å²) < 4.78 is 5.55. The lowest BCUT2D eigenvalue weighted by Gasteiger charge is -2.29. The summed E-state index contributed by atoms with van der Waals surface area (Å²) in [4.78, 5) is 64.9. The number of rotatable bonds is 5. The van der Waals surface area contributed by atoms with Crippen molar-refractivity contribution in [3.63, 3.8) is 0 Å². The number of halogens is 2. The Bertz CT molecular complexity index is 1320. The number of nitro groups is 1. The number of hydrogen-bond donors (Lipinski definition) is 0. The van der Waals surface area contributed by atoms with Crippen LogP contribution in [0, 0.1) is 34.8 Å². The van der Waals surface area contributed by atoms with Crippen molar-refractivity contribution in [2.24, 2.45) is 17.8 Å². The molecule has 0 radical (unpaired) electrons. The van der Waals surface area contributed by atoms with Crippen molar-refractivity contribution >= 4 is 72.6 Å². The van der Waals surface area contributed by atoms with Gasteiger partial charge in [0.2, 0.25) is 17.7 Å². The summed E-state index contributed by atoms with van der Waals surface area (Å²) in [5, 5.41) is 10.9. The molecule has 3 aliphatic rings. The Labute approximate surface area is 234 Å². The summed E-state index contributed by atoms with van der Waals surface area (Å²) in [7, 11) is 0. The maximum Gasteiger partial charge on any atom is 0.316 e.